The lowest BCUT2D eigenvalue weighted by molar-refractivity contribution is 0.0803. The molecule has 4 heterocycles. The van der Waals surface area contributed by atoms with Gasteiger partial charge < -0.3 is 19.4 Å². The third kappa shape index (κ3) is 5.84. The summed E-state index contributed by atoms with van der Waals surface area (Å²) in [5.41, 5.74) is 0.125. The van der Waals surface area contributed by atoms with Gasteiger partial charge >= 0.3 is 0 Å². The molecule has 4 rings (SSSR count). The van der Waals surface area contributed by atoms with Gasteiger partial charge in [-0.2, -0.15) is 4.98 Å². The monoisotopic (exact) mass is 543 g/mol. The maximum absolute atomic E-state index is 13.1. The molecule has 1 aliphatic rings. The Bertz CT molecular complexity index is 1380. The molecule has 36 heavy (non-hydrogen) atoms. The number of nitrogens with zero attached hydrogens (tertiary/aromatic N) is 4. The van der Waals surface area contributed by atoms with E-state index >= 15 is 0 Å². The van der Waals surface area contributed by atoms with E-state index in [9.17, 15) is 22.0 Å². The Balaban J connectivity index is 1.59. The maximum atomic E-state index is 13.1. The molecular formula is C22H24ClF2N5O5S. The van der Waals surface area contributed by atoms with Gasteiger partial charge in [-0.25, -0.2) is 27.2 Å². The fourth-order valence-electron chi connectivity index (χ4n) is 3.80. The number of hydrogen-bond donors (Lipinski definition) is 1. The Kier molecular flexibility index (Phi) is 7.32. The first-order chi connectivity index (χ1) is 17.0. The third-order valence-corrected chi connectivity index (χ3v) is 7.64. The van der Waals surface area contributed by atoms with Crippen LogP contribution < -0.4 is 14.8 Å². The summed E-state index contributed by atoms with van der Waals surface area (Å²) in [6.45, 7) is 3.13. The molecule has 0 saturated carbocycles. The van der Waals surface area contributed by atoms with Crippen LogP contribution in [0.25, 0.3) is 11.2 Å². The number of nitrogens with one attached hydrogen (secondary N) is 1. The van der Waals surface area contributed by atoms with E-state index in [0.717, 1.165) is 0 Å². The number of aromatic nitrogens is 4. The minimum Gasteiger partial charge on any atom is -0.482 e. The van der Waals surface area contributed by atoms with Crippen molar-refractivity contribution in [3.8, 4) is 17.5 Å². The number of fused-ring (bicyclic) bond motifs is 1. The predicted octanol–water partition coefficient (Wildman–Crippen LogP) is 3.63. The van der Waals surface area contributed by atoms with Crippen LogP contribution in [0.1, 0.15) is 37.3 Å². The van der Waals surface area contributed by atoms with Gasteiger partial charge in [0.25, 0.3) is 18.2 Å². The molecule has 194 valence electrons. The molecule has 0 unspecified atom stereocenters. The topological polar surface area (TPSA) is 125 Å². The number of carbonyl (C=O) groups excluding carboxylic acids is 1. The van der Waals surface area contributed by atoms with Crippen LogP contribution in [0.2, 0.25) is 5.02 Å². The highest BCUT2D eigenvalue weighted by Crippen LogP contribution is 2.32. The number of alkyl halides is 2. The molecule has 0 spiro atoms. The van der Waals surface area contributed by atoms with Gasteiger partial charge in [-0.1, -0.05) is 11.6 Å². The second-order valence-corrected chi connectivity index (χ2v) is 11.3. The average Bonchev–Trinajstić information content (AvgIpc) is 3.19. The van der Waals surface area contributed by atoms with Crippen molar-refractivity contribution in [2.75, 3.05) is 18.1 Å². The summed E-state index contributed by atoms with van der Waals surface area (Å²) < 4.78 is 61.1. The third-order valence-electron chi connectivity index (χ3n) is 5.78. The quantitative estimate of drug-likeness (QED) is 0.456. The zero-order valence-corrected chi connectivity index (χ0v) is 21.1. The van der Waals surface area contributed by atoms with Crippen LogP contribution in [0.3, 0.4) is 0 Å². The summed E-state index contributed by atoms with van der Waals surface area (Å²) >= 11 is 5.90. The molecule has 10 nitrogen and oxygen atoms in total. The van der Waals surface area contributed by atoms with E-state index in [0.29, 0.717) is 30.6 Å². The maximum Gasteiger partial charge on any atom is 0.287 e. The number of pyridine rings is 2. The summed E-state index contributed by atoms with van der Waals surface area (Å²) in [6, 6.07) is 4.41. The van der Waals surface area contributed by atoms with Crippen molar-refractivity contribution in [1.29, 1.82) is 0 Å². The van der Waals surface area contributed by atoms with Crippen molar-refractivity contribution in [2.45, 2.75) is 45.2 Å². The van der Waals surface area contributed by atoms with Crippen molar-refractivity contribution in [1.82, 2.24) is 24.8 Å². The number of aryl methyl sites for hydroxylation is 1. The SMILES string of the molecule is CCn1c(C(=O)NC2(C)CCS(=O)(=O)CC2)nc2ccc(Oc3ncc(Cl)cc3OCC(F)F)nc21. The Morgan fingerprint density at radius 2 is 2.00 bits per heavy atom. The summed E-state index contributed by atoms with van der Waals surface area (Å²) in [5.74, 6) is -0.399. The van der Waals surface area contributed by atoms with Crippen molar-refractivity contribution >= 4 is 38.5 Å². The Morgan fingerprint density at radius 3 is 2.67 bits per heavy atom. The normalized spacial score (nSPS) is 16.7. The lowest BCUT2D eigenvalue weighted by atomic mass is 9.95. The van der Waals surface area contributed by atoms with Crippen LogP contribution in [0.4, 0.5) is 8.78 Å². The van der Waals surface area contributed by atoms with E-state index in [1.807, 2.05) is 13.8 Å². The molecule has 1 N–H and O–H groups in total. The summed E-state index contributed by atoms with van der Waals surface area (Å²) in [6.07, 6.45) is -0.794. The fraction of sp³-hybridized carbons (Fsp3) is 0.455. The lowest BCUT2D eigenvalue weighted by Gasteiger charge is -2.34. The van der Waals surface area contributed by atoms with Crippen LogP contribution in [-0.4, -0.2) is 63.9 Å². The molecule has 0 atom stereocenters. The number of rotatable bonds is 8. The minimum atomic E-state index is -3.09. The van der Waals surface area contributed by atoms with E-state index in [2.05, 4.69) is 20.3 Å². The highest BCUT2D eigenvalue weighted by Gasteiger charge is 2.35. The first kappa shape index (κ1) is 26.0. The average molecular weight is 544 g/mol. The second kappa shape index (κ2) is 10.1. The Morgan fingerprint density at radius 1 is 1.28 bits per heavy atom. The number of halogens is 3. The highest BCUT2D eigenvalue weighted by atomic mass is 35.5. The number of amides is 1. The predicted molar refractivity (Wildman–Crippen MR) is 128 cm³/mol. The van der Waals surface area contributed by atoms with Crippen molar-refractivity contribution in [3.63, 3.8) is 0 Å². The molecule has 3 aromatic rings. The van der Waals surface area contributed by atoms with Crippen LogP contribution in [0.5, 0.6) is 17.5 Å². The van der Waals surface area contributed by atoms with E-state index < -0.39 is 34.3 Å². The molecule has 1 amide bonds. The molecule has 0 aliphatic carbocycles. The van der Waals surface area contributed by atoms with E-state index in [4.69, 9.17) is 21.1 Å². The van der Waals surface area contributed by atoms with E-state index in [1.54, 1.807) is 10.6 Å². The number of sulfone groups is 1. The van der Waals surface area contributed by atoms with Crippen LogP contribution in [0.15, 0.2) is 24.4 Å². The van der Waals surface area contributed by atoms with Crippen LogP contribution >= 0.6 is 11.6 Å². The van der Waals surface area contributed by atoms with Crippen LogP contribution in [-0.2, 0) is 16.4 Å². The van der Waals surface area contributed by atoms with Gasteiger partial charge in [0.15, 0.2) is 11.4 Å². The van der Waals surface area contributed by atoms with Crippen molar-refractivity contribution < 1.29 is 31.5 Å². The number of hydrogen-bond acceptors (Lipinski definition) is 8. The van der Waals surface area contributed by atoms with Crippen molar-refractivity contribution in [2.24, 2.45) is 0 Å². The molecule has 0 bridgehead atoms. The molecule has 0 radical (unpaired) electrons. The lowest BCUT2D eigenvalue weighted by Crippen LogP contribution is -2.51. The molecule has 14 heteroatoms. The first-order valence-corrected chi connectivity index (χ1v) is 13.3. The number of carbonyl (C=O) groups is 1. The van der Waals surface area contributed by atoms with Gasteiger partial charge in [0.1, 0.15) is 22.0 Å². The summed E-state index contributed by atoms with van der Waals surface area (Å²) in [4.78, 5) is 25.9. The Hall–Kier alpha value is -3.06. The Labute approximate surface area is 210 Å². The minimum absolute atomic E-state index is 0.0119. The fourth-order valence-corrected chi connectivity index (χ4v) is 5.67. The molecule has 1 saturated heterocycles. The van der Waals surface area contributed by atoms with Crippen molar-refractivity contribution in [3.05, 3.63) is 35.2 Å². The molecule has 3 aromatic heterocycles. The second-order valence-electron chi connectivity index (χ2n) is 8.60. The van der Waals surface area contributed by atoms with Crippen LogP contribution in [0, 0.1) is 0 Å². The largest absolute Gasteiger partial charge is 0.482 e. The highest BCUT2D eigenvalue weighted by molar-refractivity contribution is 7.91. The molecule has 1 aliphatic heterocycles. The zero-order chi connectivity index (χ0) is 26.1. The first-order valence-electron chi connectivity index (χ1n) is 11.1. The molecule has 1 fully saturated rings. The van der Waals surface area contributed by atoms with Gasteiger partial charge in [0.2, 0.25) is 11.7 Å². The van der Waals surface area contributed by atoms with Gasteiger partial charge in [-0.15, -0.1) is 0 Å². The van der Waals surface area contributed by atoms with E-state index in [1.165, 1.54) is 18.3 Å². The number of imidazole rings is 1. The van der Waals surface area contributed by atoms with Gasteiger partial charge in [0.05, 0.1) is 16.5 Å². The smallest absolute Gasteiger partial charge is 0.287 e. The standard InChI is InChI=1S/C22H24ClF2N5O5S/c1-3-30-18-14(27-19(30)20(31)29-22(2)6-8-36(32,33)9-7-22)4-5-17(28-18)35-21-15(34-12-16(24)25)10-13(23)11-26-21/h4-5,10-11,16H,3,6-9,12H2,1-2H3,(H,29,31). The van der Waals surface area contributed by atoms with Gasteiger partial charge in [-0.3, -0.25) is 4.79 Å². The summed E-state index contributed by atoms with van der Waals surface area (Å²) in [7, 11) is -3.09. The van der Waals surface area contributed by atoms with Gasteiger partial charge in [0, 0.05) is 30.4 Å². The van der Waals surface area contributed by atoms with E-state index in [-0.39, 0.29) is 39.9 Å². The molecule has 0 aromatic carbocycles. The zero-order valence-electron chi connectivity index (χ0n) is 19.5. The van der Waals surface area contributed by atoms with Gasteiger partial charge in [-0.05, 0) is 32.8 Å². The summed E-state index contributed by atoms with van der Waals surface area (Å²) in [5, 5.41) is 3.11. The number of ether oxygens (including phenoxy) is 2. The molecular weight excluding hydrogens is 520 g/mol.